The Morgan fingerprint density at radius 3 is 0.736 bits per heavy atom. The van der Waals surface area contributed by atoms with E-state index in [1.807, 2.05) is 36.4 Å². The molecule has 15 aromatic rings. The first-order valence-corrected chi connectivity index (χ1v) is 31.8. The molecular formula is C82H48Cl6N3. The van der Waals surface area contributed by atoms with Gasteiger partial charge in [0.2, 0.25) is 0 Å². The lowest BCUT2D eigenvalue weighted by Crippen LogP contribution is -2.10. The van der Waals surface area contributed by atoms with E-state index < -0.39 is 0 Å². The summed E-state index contributed by atoms with van der Waals surface area (Å²) >= 11 is 44.5. The molecular weight excluding hydrogens is 1240 g/mol. The molecule has 0 amide bonds. The van der Waals surface area contributed by atoms with Crippen LogP contribution in [0.5, 0.6) is 0 Å². The SMILES string of the molecule is Cc1ccc2c(c1)c1ccccc1n2-c1ccc(C#Cc2cc(Cl)c([C](c3c(Cl)cc(C#Cc4ccc(-n5c6ccccc6c6cc(C)ccc65)cc4)cc3Cl)c3c(Cl)cc(C#Cc4ccc(-n5c6ccccc6c6cc(C)ccc65)cc4)cc3Cl)c(Cl)c2)cc1. The molecule has 0 atom stereocenters. The zero-order chi connectivity index (χ0) is 62.2. The summed E-state index contributed by atoms with van der Waals surface area (Å²) in [5.41, 5.74) is 18.9. The van der Waals surface area contributed by atoms with E-state index in [1.54, 1.807) is 36.4 Å². The molecule has 3 aromatic heterocycles. The maximum atomic E-state index is 7.42. The normalized spacial score (nSPS) is 11.4. The summed E-state index contributed by atoms with van der Waals surface area (Å²) in [5, 5.41) is 8.88. The molecule has 0 N–H and O–H groups in total. The van der Waals surface area contributed by atoms with Crippen LogP contribution in [0.25, 0.3) is 82.5 Å². The van der Waals surface area contributed by atoms with Gasteiger partial charge in [-0.25, -0.2) is 0 Å². The molecule has 91 heavy (non-hydrogen) atoms. The summed E-state index contributed by atoms with van der Waals surface area (Å²) in [7, 11) is 0. The molecule has 0 aliphatic heterocycles. The molecule has 0 saturated carbocycles. The molecule has 0 spiro atoms. The van der Waals surface area contributed by atoms with Gasteiger partial charge in [0, 0.05) is 130 Å². The first-order chi connectivity index (χ1) is 44.3. The molecule has 9 heteroatoms. The molecule has 3 nitrogen and oxygen atoms in total. The Hall–Kier alpha value is -9.54. The second kappa shape index (κ2) is 23.7. The number of halogens is 6. The van der Waals surface area contributed by atoms with Gasteiger partial charge in [-0.15, -0.1) is 0 Å². The van der Waals surface area contributed by atoms with Crippen molar-refractivity contribution in [3.05, 3.63) is 339 Å². The molecule has 15 rings (SSSR count). The quantitative estimate of drug-likeness (QED) is 0.116. The van der Waals surface area contributed by atoms with E-state index in [0.717, 1.165) is 66.9 Å². The zero-order valence-corrected chi connectivity index (χ0v) is 53.7. The van der Waals surface area contributed by atoms with E-state index in [9.17, 15) is 0 Å². The van der Waals surface area contributed by atoms with E-state index in [1.165, 1.54) is 49.0 Å². The van der Waals surface area contributed by atoms with Crippen LogP contribution in [0.1, 0.15) is 66.8 Å². The van der Waals surface area contributed by atoms with Crippen molar-refractivity contribution in [3.63, 3.8) is 0 Å². The van der Waals surface area contributed by atoms with E-state index in [-0.39, 0.29) is 30.1 Å². The van der Waals surface area contributed by atoms with E-state index >= 15 is 0 Å². The highest BCUT2D eigenvalue weighted by Gasteiger charge is 2.32. The predicted molar refractivity (Wildman–Crippen MR) is 384 cm³/mol. The fraction of sp³-hybridized carbons (Fsp3) is 0.0366. The van der Waals surface area contributed by atoms with Gasteiger partial charge in [-0.2, -0.15) is 0 Å². The molecule has 433 valence electrons. The van der Waals surface area contributed by atoms with Gasteiger partial charge >= 0.3 is 0 Å². The number of hydrogen-bond acceptors (Lipinski definition) is 0. The molecule has 12 aromatic carbocycles. The minimum atomic E-state index is 0.273. The number of hydrogen-bond donors (Lipinski definition) is 0. The van der Waals surface area contributed by atoms with Crippen LogP contribution in [0.4, 0.5) is 0 Å². The summed E-state index contributed by atoms with van der Waals surface area (Å²) in [4.78, 5) is 0. The van der Waals surface area contributed by atoms with Crippen LogP contribution in [0.2, 0.25) is 30.1 Å². The van der Waals surface area contributed by atoms with Crippen LogP contribution in [0.15, 0.2) is 237 Å². The second-order valence-electron chi connectivity index (χ2n) is 22.8. The fourth-order valence-electron chi connectivity index (χ4n) is 12.6. The van der Waals surface area contributed by atoms with Crippen molar-refractivity contribution >= 4 is 135 Å². The molecule has 1 radical (unpaired) electrons. The minimum absolute atomic E-state index is 0.273. The van der Waals surface area contributed by atoms with Crippen molar-refractivity contribution < 1.29 is 0 Å². The van der Waals surface area contributed by atoms with Crippen molar-refractivity contribution in [3.8, 4) is 52.6 Å². The van der Waals surface area contributed by atoms with Crippen LogP contribution in [-0.2, 0) is 0 Å². The van der Waals surface area contributed by atoms with Crippen molar-refractivity contribution in [1.82, 2.24) is 13.7 Å². The summed E-state index contributed by atoms with van der Waals surface area (Å²) in [6, 6.07) is 80.4. The molecule has 0 unspecified atom stereocenters. The highest BCUT2D eigenvalue weighted by molar-refractivity contribution is 6.41. The Morgan fingerprint density at radius 2 is 0.473 bits per heavy atom. The Balaban J connectivity index is 0.766. The van der Waals surface area contributed by atoms with Crippen LogP contribution in [-0.4, -0.2) is 13.7 Å². The third-order valence-corrected chi connectivity index (χ3v) is 18.6. The highest BCUT2D eigenvalue weighted by atomic mass is 35.5. The Bertz CT molecular complexity index is 5080. The number of nitrogens with zero attached hydrogens (tertiary/aromatic N) is 3. The average molecular weight is 1290 g/mol. The maximum absolute atomic E-state index is 7.42. The van der Waals surface area contributed by atoms with Crippen LogP contribution >= 0.6 is 69.6 Å². The lowest BCUT2D eigenvalue weighted by molar-refractivity contribution is 1.18. The van der Waals surface area contributed by atoms with E-state index in [4.69, 9.17) is 69.6 Å². The van der Waals surface area contributed by atoms with Gasteiger partial charge in [-0.3, -0.25) is 0 Å². The molecule has 0 aliphatic rings. The number of rotatable bonds is 6. The lowest BCUT2D eigenvalue weighted by Gasteiger charge is -2.25. The average Bonchev–Trinajstić information content (AvgIpc) is 1.78. The zero-order valence-electron chi connectivity index (χ0n) is 49.1. The van der Waals surface area contributed by atoms with Crippen molar-refractivity contribution in [2.45, 2.75) is 20.8 Å². The van der Waals surface area contributed by atoms with Gasteiger partial charge in [0.1, 0.15) is 0 Å². The maximum Gasteiger partial charge on any atom is 0.0720 e. The smallest absolute Gasteiger partial charge is 0.0720 e. The van der Waals surface area contributed by atoms with Gasteiger partial charge in [-0.05, 0) is 185 Å². The second-order valence-corrected chi connectivity index (χ2v) is 25.3. The Morgan fingerprint density at radius 1 is 0.242 bits per heavy atom. The van der Waals surface area contributed by atoms with E-state index in [2.05, 4.69) is 234 Å². The van der Waals surface area contributed by atoms with Crippen molar-refractivity contribution in [2.24, 2.45) is 0 Å². The predicted octanol–water partition coefficient (Wildman–Crippen LogP) is 23.0. The molecule has 3 heterocycles. The van der Waals surface area contributed by atoms with Gasteiger partial charge in [0.05, 0.1) is 39.0 Å². The number of fused-ring (bicyclic) bond motifs is 9. The first kappa shape index (κ1) is 57.9. The molecule has 0 fully saturated rings. The topological polar surface area (TPSA) is 14.8 Å². The summed E-state index contributed by atoms with van der Waals surface area (Å²) in [5.74, 6) is 20.3. The number of para-hydroxylation sites is 3. The van der Waals surface area contributed by atoms with Crippen LogP contribution in [0.3, 0.4) is 0 Å². The summed E-state index contributed by atoms with van der Waals surface area (Å²) in [6.07, 6.45) is 0. The fourth-order valence-corrected chi connectivity index (χ4v) is 14.7. The Labute approximate surface area is 557 Å². The Kier molecular flexibility index (Phi) is 15.1. The van der Waals surface area contributed by atoms with E-state index in [0.29, 0.717) is 39.3 Å². The van der Waals surface area contributed by atoms with Gasteiger partial charge in [-0.1, -0.05) is 195 Å². The van der Waals surface area contributed by atoms with Crippen molar-refractivity contribution in [1.29, 1.82) is 0 Å². The lowest BCUT2D eigenvalue weighted by atomic mass is 9.83. The van der Waals surface area contributed by atoms with Crippen LogP contribution < -0.4 is 0 Å². The number of benzene rings is 12. The van der Waals surface area contributed by atoms with Crippen LogP contribution in [0, 0.1) is 62.2 Å². The highest BCUT2D eigenvalue weighted by Crippen LogP contribution is 2.49. The van der Waals surface area contributed by atoms with Gasteiger partial charge in [0.25, 0.3) is 0 Å². The van der Waals surface area contributed by atoms with Crippen molar-refractivity contribution in [2.75, 3.05) is 0 Å². The molecule has 0 bridgehead atoms. The monoisotopic (exact) mass is 1280 g/mol. The summed E-state index contributed by atoms with van der Waals surface area (Å²) < 4.78 is 6.86. The number of aromatic nitrogens is 3. The largest absolute Gasteiger partial charge is 0.309 e. The number of aryl methyl sites for hydroxylation is 3. The molecule has 0 saturated heterocycles. The summed E-state index contributed by atoms with van der Waals surface area (Å²) in [6.45, 7) is 6.36. The van der Waals surface area contributed by atoms with Gasteiger partial charge in [0.15, 0.2) is 0 Å². The van der Waals surface area contributed by atoms with Gasteiger partial charge < -0.3 is 13.7 Å². The third-order valence-electron chi connectivity index (χ3n) is 16.8. The first-order valence-electron chi connectivity index (χ1n) is 29.5. The third kappa shape index (κ3) is 10.7. The standard InChI is InChI=1S/C82H48Cl6N3/c1-49-16-37-76-64(40-49)61-10-4-7-13-73(61)89(76)58-31-25-52(26-32-58)19-22-55-43-67(83)79(68(84)44-55)82(80-69(85)45-56(46-70(80)86)23-20-53-27-33-59(34-28-53)90-74-14-8-5-11-62(74)65-41-50(2)17-38-77(65)90)81-71(87)47-57(48-72(81)88)24-21-54-29-35-60(36-30-54)91-75-15-9-6-12-63(75)66-42-51(3)18-39-78(66)91/h4-18,25-48H,1-3H3. The molecule has 0 aliphatic carbocycles. The minimum Gasteiger partial charge on any atom is -0.309 e.